The maximum atomic E-state index is 12.8. The van der Waals surface area contributed by atoms with Crippen LogP contribution in [-0.2, 0) is 9.59 Å². The fourth-order valence-electron chi connectivity index (χ4n) is 2.94. The van der Waals surface area contributed by atoms with E-state index >= 15 is 0 Å². The normalized spacial score (nSPS) is 17.7. The molecule has 0 aromatic heterocycles. The van der Waals surface area contributed by atoms with E-state index in [-0.39, 0.29) is 23.7 Å². The molecule has 7 nitrogen and oxygen atoms in total. The largest absolute Gasteiger partial charge is 0.409 e. The molecule has 0 aliphatic carbocycles. The first-order chi connectivity index (χ1) is 9.91. The van der Waals surface area contributed by atoms with Gasteiger partial charge in [-0.3, -0.25) is 9.59 Å². The van der Waals surface area contributed by atoms with E-state index in [1.54, 1.807) is 4.90 Å². The van der Waals surface area contributed by atoms with Crippen LogP contribution in [0.2, 0.25) is 0 Å². The smallest absolute Gasteiger partial charge is 0.236 e. The van der Waals surface area contributed by atoms with Gasteiger partial charge in [-0.15, -0.1) is 0 Å². The van der Waals surface area contributed by atoms with Crippen LogP contribution in [0.4, 0.5) is 0 Å². The Bertz CT molecular complexity index is 410. The van der Waals surface area contributed by atoms with Gasteiger partial charge in [0, 0.05) is 26.1 Å². The number of carbonyl (C=O) groups excluding carboxylic acids is 2. The minimum absolute atomic E-state index is 0.0264. The highest BCUT2D eigenvalue weighted by Gasteiger charge is 2.43. The first kappa shape index (κ1) is 17.3. The predicted octanol–water partition coefficient (Wildman–Crippen LogP) is 0.666. The lowest BCUT2D eigenvalue weighted by molar-refractivity contribution is -0.140. The van der Waals surface area contributed by atoms with Crippen molar-refractivity contribution in [3.8, 4) is 0 Å². The molecule has 1 fully saturated rings. The van der Waals surface area contributed by atoms with Crippen molar-refractivity contribution < 1.29 is 14.8 Å². The van der Waals surface area contributed by atoms with Crippen LogP contribution in [0.15, 0.2) is 5.16 Å². The molecule has 0 bridgehead atoms. The number of amides is 2. The van der Waals surface area contributed by atoms with Crippen molar-refractivity contribution in [1.82, 2.24) is 10.2 Å². The van der Waals surface area contributed by atoms with Gasteiger partial charge in [0.2, 0.25) is 11.8 Å². The third-order valence-electron chi connectivity index (χ3n) is 4.40. The zero-order chi connectivity index (χ0) is 16.0. The number of amidine groups is 1. The molecule has 0 atom stereocenters. The molecule has 0 aromatic rings. The average molecular weight is 298 g/mol. The second-order valence-corrected chi connectivity index (χ2v) is 5.54. The van der Waals surface area contributed by atoms with E-state index < -0.39 is 5.41 Å². The molecule has 0 aromatic carbocycles. The summed E-state index contributed by atoms with van der Waals surface area (Å²) in [6.07, 6.45) is 2.43. The number of hydrogen-bond donors (Lipinski definition) is 3. The number of piperidine rings is 1. The third kappa shape index (κ3) is 3.65. The Kier molecular flexibility index (Phi) is 5.99. The molecule has 0 radical (unpaired) electrons. The maximum Gasteiger partial charge on any atom is 0.236 e. The van der Waals surface area contributed by atoms with Gasteiger partial charge in [0.15, 0.2) is 5.84 Å². The summed E-state index contributed by atoms with van der Waals surface area (Å²) in [6, 6.07) is 0.119. The lowest BCUT2D eigenvalue weighted by atomic mass is 9.79. The van der Waals surface area contributed by atoms with Crippen molar-refractivity contribution in [2.75, 3.05) is 13.1 Å². The molecule has 0 saturated carbocycles. The number of likely N-dealkylation sites (tertiary alicyclic amines) is 1. The predicted molar refractivity (Wildman–Crippen MR) is 79.8 cm³/mol. The fraction of sp³-hybridized carbons (Fsp3) is 0.786. The van der Waals surface area contributed by atoms with Crippen LogP contribution in [-0.4, -0.2) is 46.9 Å². The van der Waals surface area contributed by atoms with Gasteiger partial charge in [-0.05, 0) is 25.7 Å². The highest BCUT2D eigenvalue weighted by molar-refractivity contribution is 6.06. The Hall–Kier alpha value is -1.79. The molecule has 1 rings (SSSR count). The molecule has 7 heteroatoms. The van der Waals surface area contributed by atoms with Gasteiger partial charge in [0.05, 0.1) is 0 Å². The minimum atomic E-state index is -0.935. The molecule has 1 saturated heterocycles. The van der Waals surface area contributed by atoms with Gasteiger partial charge >= 0.3 is 0 Å². The van der Waals surface area contributed by atoms with Gasteiger partial charge in [-0.25, -0.2) is 0 Å². The van der Waals surface area contributed by atoms with Crippen molar-refractivity contribution in [1.29, 1.82) is 0 Å². The highest BCUT2D eigenvalue weighted by atomic mass is 16.4. The van der Waals surface area contributed by atoms with Crippen molar-refractivity contribution >= 4 is 17.6 Å². The molecule has 0 spiro atoms. The minimum Gasteiger partial charge on any atom is -0.409 e. The van der Waals surface area contributed by atoms with Crippen molar-refractivity contribution in [3.63, 3.8) is 0 Å². The summed E-state index contributed by atoms with van der Waals surface area (Å²) in [5, 5.41) is 14.9. The topological polar surface area (TPSA) is 108 Å². The molecule has 4 N–H and O–H groups in total. The molecule has 1 heterocycles. The van der Waals surface area contributed by atoms with E-state index in [1.807, 2.05) is 13.8 Å². The van der Waals surface area contributed by atoms with Crippen LogP contribution in [0, 0.1) is 5.41 Å². The summed E-state index contributed by atoms with van der Waals surface area (Å²) in [5.74, 6) is -0.168. The van der Waals surface area contributed by atoms with E-state index in [1.165, 1.54) is 6.92 Å². The summed E-state index contributed by atoms with van der Waals surface area (Å²) in [6.45, 7) is 6.37. The number of hydrogen-bond acceptors (Lipinski definition) is 4. The molecular formula is C14H26N4O3. The van der Waals surface area contributed by atoms with E-state index in [9.17, 15) is 9.59 Å². The molecule has 1 aliphatic heterocycles. The number of nitrogens with one attached hydrogen (secondary N) is 1. The van der Waals surface area contributed by atoms with Gasteiger partial charge in [0.1, 0.15) is 5.41 Å². The summed E-state index contributed by atoms with van der Waals surface area (Å²) in [4.78, 5) is 25.6. The fourth-order valence-corrected chi connectivity index (χ4v) is 2.94. The quantitative estimate of drug-likeness (QED) is 0.300. The molecule has 1 aliphatic rings. The Balaban J connectivity index is 2.77. The third-order valence-corrected chi connectivity index (χ3v) is 4.40. The first-order valence-corrected chi connectivity index (χ1v) is 7.45. The van der Waals surface area contributed by atoms with Crippen molar-refractivity contribution in [2.45, 2.75) is 52.5 Å². The van der Waals surface area contributed by atoms with E-state index in [0.29, 0.717) is 25.9 Å². The zero-order valence-electron chi connectivity index (χ0n) is 13.1. The van der Waals surface area contributed by atoms with Crippen LogP contribution >= 0.6 is 0 Å². The summed E-state index contributed by atoms with van der Waals surface area (Å²) >= 11 is 0. The second kappa shape index (κ2) is 7.28. The summed E-state index contributed by atoms with van der Waals surface area (Å²) in [5.41, 5.74) is 4.83. The van der Waals surface area contributed by atoms with Gasteiger partial charge < -0.3 is 21.2 Å². The van der Waals surface area contributed by atoms with Gasteiger partial charge in [-0.1, -0.05) is 19.0 Å². The van der Waals surface area contributed by atoms with E-state index in [4.69, 9.17) is 10.9 Å². The molecule has 2 amide bonds. The lowest BCUT2D eigenvalue weighted by Gasteiger charge is -2.38. The van der Waals surface area contributed by atoms with E-state index in [0.717, 1.165) is 12.8 Å². The number of nitrogens with two attached hydrogens (primary N) is 1. The Morgan fingerprint density at radius 1 is 1.33 bits per heavy atom. The van der Waals surface area contributed by atoms with Crippen LogP contribution in [0.3, 0.4) is 0 Å². The number of nitrogens with zero attached hydrogens (tertiary/aromatic N) is 2. The van der Waals surface area contributed by atoms with Crippen molar-refractivity contribution in [2.24, 2.45) is 16.3 Å². The molecule has 0 unspecified atom stereocenters. The molecule has 21 heavy (non-hydrogen) atoms. The molecular weight excluding hydrogens is 272 g/mol. The molecule has 120 valence electrons. The Morgan fingerprint density at radius 2 is 1.86 bits per heavy atom. The SMILES string of the molecule is CCC(CC)(C(=O)N1CCC(NC(C)=O)CC1)C(N)=NO. The standard InChI is InChI=1S/C14H26N4O3/c1-4-14(5-2,12(15)17-21)13(20)18-8-6-11(7-9-18)16-10(3)19/h11,21H,4-9H2,1-3H3,(H2,15,17)(H,16,19). The number of rotatable bonds is 5. The zero-order valence-corrected chi connectivity index (χ0v) is 13.1. The van der Waals surface area contributed by atoms with E-state index in [2.05, 4.69) is 10.5 Å². The maximum absolute atomic E-state index is 12.8. The van der Waals surface area contributed by atoms with Crippen LogP contribution in [0.25, 0.3) is 0 Å². The summed E-state index contributed by atoms with van der Waals surface area (Å²) < 4.78 is 0. The Morgan fingerprint density at radius 3 is 2.24 bits per heavy atom. The monoisotopic (exact) mass is 298 g/mol. The second-order valence-electron chi connectivity index (χ2n) is 5.54. The van der Waals surface area contributed by atoms with Crippen LogP contribution in [0.1, 0.15) is 46.5 Å². The van der Waals surface area contributed by atoms with Gasteiger partial charge in [0.25, 0.3) is 0 Å². The highest BCUT2D eigenvalue weighted by Crippen LogP contribution is 2.30. The van der Waals surface area contributed by atoms with Crippen LogP contribution in [0.5, 0.6) is 0 Å². The number of oxime groups is 1. The first-order valence-electron chi connectivity index (χ1n) is 7.45. The van der Waals surface area contributed by atoms with Crippen LogP contribution < -0.4 is 11.1 Å². The lowest BCUT2D eigenvalue weighted by Crippen LogP contribution is -2.54. The Labute approximate surface area is 125 Å². The number of carbonyl (C=O) groups is 2. The summed E-state index contributed by atoms with van der Waals surface area (Å²) in [7, 11) is 0. The van der Waals surface area contributed by atoms with Crippen molar-refractivity contribution in [3.05, 3.63) is 0 Å². The van der Waals surface area contributed by atoms with Gasteiger partial charge in [-0.2, -0.15) is 0 Å². The average Bonchev–Trinajstić information content (AvgIpc) is 2.48.